The molecule has 1 fully saturated rings. The molecule has 0 amide bonds. The zero-order valence-electron chi connectivity index (χ0n) is 22.0. The van der Waals surface area contributed by atoms with Gasteiger partial charge in [-0.15, -0.1) is 0 Å². The summed E-state index contributed by atoms with van der Waals surface area (Å²) >= 11 is 0. The molecule has 0 aromatic heterocycles. The molecule has 2 aliphatic carbocycles. The standard InChI is InChI=1S/C34H40/c1-33(2,3)27-14-10-25(11-15-27)29-18-19-30(26-12-16-28(17-13-26)34(4,5)6)32-22-24(21-31(29)32)20-23-8-7-9-23/h10-19,21,23H,7-9,20,22H2,1-6H3. The van der Waals surface area contributed by atoms with Crippen LogP contribution in [0.4, 0.5) is 0 Å². The Hall–Kier alpha value is -2.60. The second kappa shape index (κ2) is 8.56. The van der Waals surface area contributed by atoms with Gasteiger partial charge in [0.1, 0.15) is 0 Å². The minimum absolute atomic E-state index is 0.180. The molecule has 1 saturated carbocycles. The van der Waals surface area contributed by atoms with Crippen LogP contribution in [0.2, 0.25) is 0 Å². The Morgan fingerprint density at radius 3 is 1.62 bits per heavy atom. The fourth-order valence-corrected chi connectivity index (χ4v) is 5.52. The molecule has 0 nitrogen and oxygen atoms in total. The van der Waals surface area contributed by atoms with Crippen molar-refractivity contribution in [1.29, 1.82) is 0 Å². The third-order valence-electron chi connectivity index (χ3n) is 8.01. The molecule has 0 bridgehead atoms. The van der Waals surface area contributed by atoms with Gasteiger partial charge in [0.2, 0.25) is 0 Å². The first-order chi connectivity index (χ1) is 16.1. The molecule has 3 aromatic rings. The molecule has 0 radical (unpaired) electrons. The predicted molar refractivity (Wildman–Crippen MR) is 148 cm³/mol. The lowest BCUT2D eigenvalue weighted by Crippen LogP contribution is -2.11. The number of rotatable bonds is 4. The highest BCUT2D eigenvalue weighted by Gasteiger charge is 2.25. The van der Waals surface area contributed by atoms with E-state index in [1.807, 2.05) is 0 Å². The van der Waals surface area contributed by atoms with E-state index in [0.29, 0.717) is 0 Å². The maximum atomic E-state index is 2.54. The van der Waals surface area contributed by atoms with Crippen molar-refractivity contribution in [3.05, 3.63) is 88.5 Å². The Morgan fingerprint density at radius 2 is 1.15 bits per heavy atom. The van der Waals surface area contributed by atoms with Gasteiger partial charge < -0.3 is 0 Å². The van der Waals surface area contributed by atoms with E-state index in [1.54, 1.807) is 5.57 Å². The number of benzene rings is 3. The summed E-state index contributed by atoms with van der Waals surface area (Å²) < 4.78 is 0. The minimum atomic E-state index is 0.180. The van der Waals surface area contributed by atoms with Crippen molar-refractivity contribution in [3.8, 4) is 22.3 Å². The predicted octanol–water partition coefficient (Wildman–Crippen LogP) is 9.75. The van der Waals surface area contributed by atoms with Gasteiger partial charge in [-0.2, -0.15) is 0 Å². The molecule has 0 heterocycles. The molecule has 2 aliphatic rings. The van der Waals surface area contributed by atoms with Crippen molar-refractivity contribution in [2.75, 3.05) is 0 Å². The molecule has 0 spiro atoms. The number of fused-ring (bicyclic) bond motifs is 1. The molecule has 0 atom stereocenters. The normalized spacial score (nSPS) is 16.2. The first kappa shape index (κ1) is 23.2. The Balaban J connectivity index is 1.55. The Kier molecular flexibility index (Phi) is 5.83. The highest BCUT2D eigenvalue weighted by Crippen LogP contribution is 2.43. The van der Waals surface area contributed by atoms with Gasteiger partial charge in [0.25, 0.3) is 0 Å². The fraction of sp³-hybridized carbons (Fsp3) is 0.412. The summed E-state index contributed by atoms with van der Waals surface area (Å²) in [5, 5.41) is 0. The van der Waals surface area contributed by atoms with E-state index in [4.69, 9.17) is 0 Å². The molecule has 0 heteroatoms. The van der Waals surface area contributed by atoms with Crippen molar-refractivity contribution >= 4 is 6.08 Å². The van der Waals surface area contributed by atoms with Gasteiger partial charge in [0.05, 0.1) is 0 Å². The van der Waals surface area contributed by atoms with Gasteiger partial charge in [0.15, 0.2) is 0 Å². The smallest absolute Gasteiger partial charge is 0.00513 e. The third kappa shape index (κ3) is 4.52. The van der Waals surface area contributed by atoms with Crippen molar-refractivity contribution < 1.29 is 0 Å². The van der Waals surface area contributed by atoms with E-state index in [-0.39, 0.29) is 10.8 Å². The molecule has 0 saturated heterocycles. The van der Waals surface area contributed by atoms with E-state index in [1.165, 1.54) is 70.2 Å². The zero-order valence-corrected chi connectivity index (χ0v) is 22.0. The molecule has 0 aliphatic heterocycles. The van der Waals surface area contributed by atoms with Crippen molar-refractivity contribution in [1.82, 2.24) is 0 Å². The Labute approximate surface area is 207 Å². The lowest BCUT2D eigenvalue weighted by molar-refractivity contribution is 0.313. The van der Waals surface area contributed by atoms with E-state index in [9.17, 15) is 0 Å². The van der Waals surface area contributed by atoms with Crippen LogP contribution in [-0.4, -0.2) is 0 Å². The molecule has 34 heavy (non-hydrogen) atoms. The van der Waals surface area contributed by atoms with Crippen LogP contribution in [0.1, 0.15) is 89.5 Å². The molecule has 176 valence electrons. The van der Waals surface area contributed by atoms with E-state index in [2.05, 4.69) is 108 Å². The van der Waals surface area contributed by atoms with Gasteiger partial charge in [0, 0.05) is 0 Å². The Morgan fingerprint density at radius 1 is 0.647 bits per heavy atom. The second-order valence-electron chi connectivity index (χ2n) is 12.7. The van der Waals surface area contributed by atoms with Crippen LogP contribution in [-0.2, 0) is 17.3 Å². The van der Waals surface area contributed by atoms with Crippen LogP contribution in [0.5, 0.6) is 0 Å². The number of hydrogen-bond acceptors (Lipinski definition) is 0. The van der Waals surface area contributed by atoms with E-state index >= 15 is 0 Å². The van der Waals surface area contributed by atoms with E-state index in [0.717, 1.165) is 12.3 Å². The quantitative estimate of drug-likeness (QED) is 0.372. The molecular formula is C34H40. The lowest BCUT2D eigenvalue weighted by Gasteiger charge is -2.25. The highest BCUT2D eigenvalue weighted by atomic mass is 14.3. The molecule has 0 unspecified atom stereocenters. The first-order valence-corrected chi connectivity index (χ1v) is 13.2. The molecule has 5 rings (SSSR count). The monoisotopic (exact) mass is 448 g/mol. The summed E-state index contributed by atoms with van der Waals surface area (Å²) in [6.07, 6.45) is 9.16. The van der Waals surface area contributed by atoms with E-state index < -0.39 is 0 Å². The average molecular weight is 449 g/mol. The van der Waals surface area contributed by atoms with Crippen molar-refractivity contribution in [3.63, 3.8) is 0 Å². The average Bonchev–Trinajstić information content (AvgIpc) is 3.18. The second-order valence-corrected chi connectivity index (χ2v) is 12.7. The van der Waals surface area contributed by atoms with Gasteiger partial charge in [-0.1, -0.05) is 133 Å². The van der Waals surface area contributed by atoms with Gasteiger partial charge in [-0.3, -0.25) is 0 Å². The van der Waals surface area contributed by atoms with Crippen LogP contribution in [0, 0.1) is 5.92 Å². The SMILES string of the molecule is CC(C)(C)c1ccc(-c2ccc(-c3ccc(C(C)(C)C)cc3)c3c2C=C(CC2CCC2)C3)cc1. The number of allylic oxidation sites excluding steroid dienone is 1. The highest BCUT2D eigenvalue weighted by molar-refractivity contribution is 5.87. The van der Waals surface area contributed by atoms with Gasteiger partial charge >= 0.3 is 0 Å². The fourth-order valence-electron chi connectivity index (χ4n) is 5.52. The van der Waals surface area contributed by atoms with Crippen LogP contribution in [0.3, 0.4) is 0 Å². The third-order valence-corrected chi connectivity index (χ3v) is 8.01. The first-order valence-electron chi connectivity index (χ1n) is 13.2. The largest absolute Gasteiger partial charge is 0.0649 e. The summed E-state index contributed by atoms with van der Waals surface area (Å²) in [5.41, 5.74) is 13.2. The topological polar surface area (TPSA) is 0 Å². The maximum Gasteiger partial charge on any atom is -0.00513 e. The van der Waals surface area contributed by atoms with Crippen LogP contribution in [0.25, 0.3) is 28.3 Å². The maximum absolute atomic E-state index is 2.54. The van der Waals surface area contributed by atoms with Crippen LogP contribution in [0.15, 0.2) is 66.2 Å². The minimum Gasteiger partial charge on any atom is -0.0649 e. The van der Waals surface area contributed by atoms with Crippen LogP contribution < -0.4 is 0 Å². The summed E-state index contributed by atoms with van der Waals surface area (Å²) in [6.45, 7) is 13.7. The van der Waals surface area contributed by atoms with Gasteiger partial charge in [-0.05, 0) is 74.1 Å². The van der Waals surface area contributed by atoms with Crippen LogP contribution >= 0.6 is 0 Å². The zero-order chi connectivity index (χ0) is 24.1. The molecule has 3 aromatic carbocycles. The van der Waals surface area contributed by atoms with Crippen molar-refractivity contribution in [2.45, 2.75) is 84.5 Å². The summed E-state index contributed by atoms with van der Waals surface area (Å²) in [7, 11) is 0. The Bertz CT molecular complexity index is 1200. The summed E-state index contributed by atoms with van der Waals surface area (Å²) in [4.78, 5) is 0. The van der Waals surface area contributed by atoms with Crippen molar-refractivity contribution in [2.24, 2.45) is 5.92 Å². The lowest BCUT2D eigenvalue weighted by atomic mass is 9.80. The summed E-state index contributed by atoms with van der Waals surface area (Å²) in [5.74, 6) is 0.907. The van der Waals surface area contributed by atoms with Gasteiger partial charge in [-0.25, -0.2) is 0 Å². The summed E-state index contributed by atoms with van der Waals surface area (Å²) in [6, 6.07) is 23.3. The molecular weight excluding hydrogens is 408 g/mol. The number of hydrogen-bond donors (Lipinski definition) is 0. The molecule has 0 N–H and O–H groups in total.